The highest BCUT2D eigenvalue weighted by atomic mass is 16.7. The van der Waals surface area contributed by atoms with Crippen LogP contribution in [0.5, 0.6) is 5.75 Å². The lowest BCUT2D eigenvalue weighted by molar-refractivity contribution is 0.00578. The Balaban J connectivity index is 1.78. The number of benzene rings is 1. The van der Waals surface area contributed by atoms with Crippen molar-refractivity contribution in [3.63, 3.8) is 0 Å². The number of urea groups is 1. The molecular formula is C18H29BN2O4. The summed E-state index contributed by atoms with van der Waals surface area (Å²) in [4.78, 5) is 12.9. The van der Waals surface area contributed by atoms with E-state index in [1.165, 1.54) is 4.90 Å². The standard InChI is InChI=1S/C18H29BN2O4/c1-17(2)18(3,4)25-19(24-17)14-8-10-15(11-9-14)23-13-7-12-20-16(22)21(5)6/h8-11H,7,12-13H2,1-6H3,(H,20,22). The van der Waals surface area contributed by atoms with E-state index in [9.17, 15) is 4.79 Å². The third kappa shape index (κ3) is 4.89. The Kier molecular flexibility index (Phi) is 6.01. The van der Waals surface area contributed by atoms with Gasteiger partial charge in [-0.05, 0) is 51.7 Å². The van der Waals surface area contributed by atoms with Gasteiger partial charge in [-0.2, -0.15) is 0 Å². The first-order chi connectivity index (χ1) is 11.6. The first-order valence-electron chi connectivity index (χ1n) is 8.66. The molecule has 2 rings (SSSR count). The fourth-order valence-electron chi connectivity index (χ4n) is 2.32. The topological polar surface area (TPSA) is 60.0 Å². The molecule has 0 bridgehead atoms. The first-order valence-corrected chi connectivity index (χ1v) is 8.66. The number of carbonyl (C=O) groups is 1. The first kappa shape index (κ1) is 19.6. The van der Waals surface area contributed by atoms with Gasteiger partial charge in [-0.1, -0.05) is 12.1 Å². The predicted octanol–water partition coefficient (Wildman–Crippen LogP) is 2.03. The Bertz CT molecular complexity index is 571. The van der Waals surface area contributed by atoms with Crippen LogP contribution < -0.4 is 15.5 Å². The van der Waals surface area contributed by atoms with Crippen molar-refractivity contribution in [1.82, 2.24) is 10.2 Å². The van der Waals surface area contributed by atoms with Crippen molar-refractivity contribution >= 4 is 18.6 Å². The number of carbonyl (C=O) groups excluding carboxylic acids is 1. The zero-order valence-electron chi connectivity index (χ0n) is 16.1. The Labute approximate surface area is 151 Å². The Morgan fingerprint density at radius 3 is 2.20 bits per heavy atom. The Morgan fingerprint density at radius 1 is 1.12 bits per heavy atom. The minimum Gasteiger partial charge on any atom is -0.494 e. The molecule has 2 amide bonds. The van der Waals surface area contributed by atoms with Crippen LogP contribution in [0.1, 0.15) is 34.1 Å². The largest absolute Gasteiger partial charge is 0.494 e. The monoisotopic (exact) mass is 348 g/mol. The third-order valence-electron chi connectivity index (χ3n) is 4.68. The average Bonchev–Trinajstić information content (AvgIpc) is 2.75. The highest BCUT2D eigenvalue weighted by molar-refractivity contribution is 6.62. The fraction of sp³-hybridized carbons (Fsp3) is 0.611. The van der Waals surface area contributed by atoms with E-state index in [1.807, 2.05) is 52.0 Å². The molecule has 138 valence electrons. The maximum atomic E-state index is 11.4. The van der Waals surface area contributed by atoms with Gasteiger partial charge in [0.15, 0.2) is 0 Å². The number of ether oxygens (including phenoxy) is 1. The highest BCUT2D eigenvalue weighted by Gasteiger charge is 2.51. The van der Waals surface area contributed by atoms with Crippen molar-refractivity contribution in [2.45, 2.75) is 45.3 Å². The van der Waals surface area contributed by atoms with E-state index < -0.39 is 0 Å². The van der Waals surface area contributed by atoms with Crippen LogP contribution in [0.2, 0.25) is 0 Å². The molecule has 1 fully saturated rings. The minimum absolute atomic E-state index is 0.0910. The number of amides is 2. The SMILES string of the molecule is CN(C)C(=O)NCCCOc1ccc(B2OC(C)(C)C(C)(C)O2)cc1. The molecule has 0 radical (unpaired) electrons. The lowest BCUT2D eigenvalue weighted by Crippen LogP contribution is -2.41. The second-order valence-electron chi connectivity index (χ2n) is 7.49. The van der Waals surface area contributed by atoms with Crippen molar-refractivity contribution < 1.29 is 18.8 Å². The normalized spacial score (nSPS) is 18.1. The third-order valence-corrected chi connectivity index (χ3v) is 4.68. The van der Waals surface area contributed by atoms with Gasteiger partial charge in [0.25, 0.3) is 0 Å². The molecule has 25 heavy (non-hydrogen) atoms. The maximum Gasteiger partial charge on any atom is 0.494 e. The Morgan fingerprint density at radius 2 is 1.68 bits per heavy atom. The van der Waals surface area contributed by atoms with E-state index >= 15 is 0 Å². The highest BCUT2D eigenvalue weighted by Crippen LogP contribution is 2.36. The summed E-state index contributed by atoms with van der Waals surface area (Å²) in [7, 11) is 3.07. The van der Waals surface area contributed by atoms with E-state index in [0.717, 1.165) is 17.6 Å². The molecule has 6 nitrogen and oxygen atoms in total. The quantitative estimate of drug-likeness (QED) is 0.631. The van der Waals surface area contributed by atoms with E-state index in [4.69, 9.17) is 14.0 Å². The summed E-state index contributed by atoms with van der Waals surface area (Å²) in [5, 5.41) is 2.80. The summed E-state index contributed by atoms with van der Waals surface area (Å²) in [6.07, 6.45) is 0.749. The van der Waals surface area contributed by atoms with Crippen molar-refractivity contribution in [3.05, 3.63) is 24.3 Å². The van der Waals surface area contributed by atoms with Crippen LogP contribution in [0.15, 0.2) is 24.3 Å². The number of nitrogens with one attached hydrogen (secondary N) is 1. The second kappa shape index (κ2) is 7.66. The van der Waals surface area contributed by atoms with Crippen LogP contribution in [0, 0.1) is 0 Å². The number of rotatable bonds is 6. The smallest absolute Gasteiger partial charge is 0.494 e. The van der Waals surface area contributed by atoms with Gasteiger partial charge >= 0.3 is 13.1 Å². The zero-order valence-corrected chi connectivity index (χ0v) is 16.1. The van der Waals surface area contributed by atoms with Crippen molar-refractivity contribution in [2.75, 3.05) is 27.2 Å². The van der Waals surface area contributed by atoms with Crippen LogP contribution in [-0.2, 0) is 9.31 Å². The molecule has 0 aliphatic carbocycles. The van der Waals surface area contributed by atoms with Crippen LogP contribution in [-0.4, -0.2) is 56.5 Å². The number of hydrogen-bond acceptors (Lipinski definition) is 4. The summed E-state index contributed by atoms with van der Waals surface area (Å²) in [5.74, 6) is 0.791. The molecule has 1 aliphatic heterocycles. The van der Waals surface area contributed by atoms with Gasteiger partial charge in [0.05, 0.1) is 17.8 Å². The van der Waals surface area contributed by atoms with Gasteiger partial charge in [0.2, 0.25) is 0 Å². The zero-order chi connectivity index (χ0) is 18.7. The van der Waals surface area contributed by atoms with Gasteiger partial charge < -0.3 is 24.3 Å². The fourth-order valence-corrected chi connectivity index (χ4v) is 2.32. The van der Waals surface area contributed by atoms with E-state index in [-0.39, 0.29) is 24.4 Å². The summed E-state index contributed by atoms with van der Waals surface area (Å²) in [5.41, 5.74) is 0.289. The van der Waals surface area contributed by atoms with Crippen molar-refractivity contribution in [2.24, 2.45) is 0 Å². The molecule has 0 atom stereocenters. The summed E-state index contributed by atoms with van der Waals surface area (Å²) in [6, 6.07) is 7.67. The van der Waals surface area contributed by atoms with Gasteiger partial charge in [0.1, 0.15) is 5.75 Å². The molecule has 0 aromatic heterocycles. The van der Waals surface area contributed by atoms with Crippen LogP contribution in [0.3, 0.4) is 0 Å². The van der Waals surface area contributed by atoms with Gasteiger partial charge in [-0.25, -0.2) is 4.79 Å². The predicted molar refractivity (Wildman–Crippen MR) is 99.4 cm³/mol. The molecule has 0 unspecified atom stereocenters. The van der Waals surface area contributed by atoms with Crippen LogP contribution in [0.4, 0.5) is 4.79 Å². The molecule has 7 heteroatoms. The average molecular weight is 348 g/mol. The molecule has 1 saturated heterocycles. The molecule has 0 spiro atoms. The minimum atomic E-state index is -0.361. The van der Waals surface area contributed by atoms with Crippen molar-refractivity contribution in [1.29, 1.82) is 0 Å². The molecule has 1 N–H and O–H groups in total. The van der Waals surface area contributed by atoms with E-state index in [2.05, 4.69) is 5.32 Å². The Hall–Kier alpha value is -1.73. The molecule has 1 aromatic carbocycles. The van der Waals surface area contributed by atoms with E-state index in [0.29, 0.717) is 13.2 Å². The van der Waals surface area contributed by atoms with E-state index in [1.54, 1.807) is 14.1 Å². The lowest BCUT2D eigenvalue weighted by atomic mass is 9.79. The molecular weight excluding hydrogens is 319 g/mol. The maximum absolute atomic E-state index is 11.4. The van der Waals surface area contributed by atoms with Crippen molar-refractivity contribution in [3.8, 4) is 5.75 Å². The van der Waals surface area contributed by atoms with Crippen LogP contribution in [0.25, 0.3) is 0 Å². The van der Waals surface area contributed by atoms with Gasteiger partial charge in [-0.15, -0.1) is 0 Å². The number of hydrogen-bond donors (Lipinski definition) is 1. The van der Waals surface area contributed by atoms with Crippen LogP contribution >= 0.6 is 0 Å². The molecule has 0 saturated carbocycles. The molecule has 1 aromatic rings. The summed E-state index contributed by atoms with van der Waals surface area (Å²) < 4.78 is 17.8. The van der Waals surface area contributed by atoms with Gasteiger partial charge in [-0.3, -0.25) is 0 Å². The molecule has 1 aliphatic rings. The lowest BCUT2D eigenvalue weighted by Gasteiger charge is -2.32. The summed E-state index contributed by atoms with van der Waals surface area (Å²) in [6.45, 7) is 9.30. The number of nitrogens with zero attached hydrogens (tertiary/aromatic N) is 1. The van der Waals surface area contributed by atoms with Gasteiger partial charge in [0, 0.05) is 20.6 Å². The second-order valence-corrected chi connectivity index (χ2v) is 7.49. The summed E-state index contributed by atoms with van der Waals surface area (Å²) >= 11 is 0. The molecule has 1 heterocycles.